The van der Waals surface area contributed by atoms with E-state index in [1.54, 1.807) is 6.07 Å². The summed E-state index contributed by atoms with van der Waals surface area (Å²) in [5.41, 5.74) is 6.59. The van der Waals surface area contributed by atoms with Crippen molar-refractivity contribution in [2.45, 2.75) is 39.0 Å². The van der Waals surface area contributed by atoms with E-state index in [0.717, 1.165) is 16.9 Å². The molecule has 0 aliphatic carbocycles. The Labute approximate surface area is 162 Å². The summed E-state index contributed by atoms with van der Waals surface area (Å²) in [6, 6.07) is 13.8. The van der Waals surface area contributed by atoms with Crippen LogP contribution in [0.25, 0.3) is 5.57 Å². The number of rotatable bonds is 6. The summed E-state index contributed by atoms with van der Waals surface area (Å²) < 4.78 is 5.07. The number of aryl methyl sites for hydroxylation is 1. The Balaban J connectivity index is 2.14. The molecule has 0 spiro atoms. The number of ether oxygens (including phenoxy) is 1. The van der Waals surface area contributed by atoms with Crippen LogP contribution in [0.15, 0.2) is 65.1 Å². The lowest BCUT2D eigenvalue weighted by Gasteiger charge is -2.07. The van der Waals surface area contributed by atoms with Crippen molar-refractivity contribution in [3.63, 3.8) is 0 Å². The molecule has 0 aliphatic heterocycles. The van der Waals surface area contributed by atoms with Crippen molar-refractivity contribution in [1.82, 2.24) is 0 Å². The van der Waals surface area contributed by atoms with E-state index in [-0.39, 0.29) is 5.97 Å². The number of carbonyl (C=O) groups excluding carboxylic acids is 1. The van der Waals surface area contributed by atoms with Crippen LogP contribution < -0.4 is 0 Å². The molecule has 0 saturated heterocycles. The Morgan fingerprint density at radius 2 is 1.88 bits per heavy atom. The van der Waals surface area contributed by atoms with Crippen molar-refractivity contribution < 1.29 is 9.53 Å². The Bertz CT molecular complexity index is 847. The molecular formula is C23H26O2S. The molecule has 0 radical (unpaired) electrons. The highest BCUT2D eigenvalue weighted by Gasteiger charge is 2.07. The van der Waals surface area contributed by atoms with Crippen molar-refractivity contribution in [2.75, 3.05) is 6.61 Å². The molecule has 2 rings (SSSR count). The first kappa shape index (κ1) is 20.1. The fourth-order valence-corrected chi connectivity index (χ4v) is 3.00. The van der Waals surface area contributed by atoms with E-state index in [1.807, 2.05) is 31.2 Å². The topological polar surface area (TPSA) is 26.3 Å². The fraction of sp³-hybridized carbons (Fsp3) is 0.261. The largest absolute Gasteiger partial charge is 0.462 e. The monoisotopic (exact) mass is 366 g/mol. The van der Waals surface area contributed by atoms with E-state index in [9.17, 15) is 4.79 Å². The minimum atomic E-state index is -0.270. The SMILES string of the molecule is CCOC(=O)c1cccc(C/C(C)=C\C=C(/C)c2cc(S)ccc2C)c1. The first-order chi connectivity index (χ1) is 12.4. The van der Waals surface area contributed by atoms with Gasteiger partial charge in [-0.25, -0.2) is 4.79 Å². The van der Waals surface area contributed by atoms with Gasteiger partial charge in [-0.15, -0.1) is 12.6 Å². The fourth-order valence-electron chi connectivity index (χ4n) is 2.80. The Morgan fingerprint density at radius 3 is 2.62 bits per heavy atom. The molecule has 0 saturated carbocycles. The van der Waals surface area contributed by atoms with Gasteiger partial charge in [0.05, 0.1) is 12.2 Å². The minimum Gasteiger partial charge on any atom is -0.462 e. The van der Waals surface area contributed by atoms with Crippen molar-refractivity contribution in [3.05, 3.63) is 82.4 Å². The van der Waals surface area contributed by atoms with E-state index >= 15 is 0 Å². The second-order valence-electron chi connectivity index (χ2n) is 6.46. The molecule has 0 aromatic heterocycles. The summed E-state index contributed by atoms with van der Waals surface area (Å²) in [7, 11) is 0. The molecule has 0 unspecified atom stereocenters. The van der Waals surface area contributed by atoms with E-state index in [1.165, 1.54) is 22.3 Å². The average Bonchev–Trinajstić information content (AvgIpc) is 2.62. The molecule has 2 aromatic carbocycles. The molecule has 0 N–H and O–H groups in total. The number of hydrogen-bond donors (Lipinski definition) is 1. The molecule has 0 amide bonds. The van der Waals surface area contributed by atoms with Gasteiger partial charge in [-0.1, -0.05) is 35.9 Å². The van der Waals surface area contributed by atoms with Gasteiger partial charge in [-0.05, 0) is 80.6 Å². The summed E-state index contributed by atoms with van der Waals surface area (Å²) in [6.07, 6.45) is 5.07. The van der Waals surface area contributed by atoms with Gasteiger partial charge in [0.15, 0.2) is 0 Å². The maximum atomic E-state index is 11.9. The maximum absolute atomic E-state index is 11.9. The lowest BCUT2D eigenvalue weighted by atomic mass is 10.00. The van der Waals surface area contributed by atoms with Crippen molar-refractivity contribution >= 4 is 24.2 Å². The standard InChI is InChI=1S/C23H26O2S/c1-5-25-23(24)20-8-6-7-19(14-20)13-16(2)9-10-17(3)22-15-21(26)12-11-18(22)4/h6-12,14-15,26H,5,13H2,1-4H3/b16-9-,17-10+. The van der Waals surface area contributed by atoms with Gasteiger partial charge in [0, 0.05) is 4.90 Å². The second kappa shape index (κ2) is 9.44. The normalized spacial score (nSPS) is 12.2. The zero-order valence-corrected chi connectivity index (χ0v) is 16.8. The van der Waals surface area contributed by atoms with Gasteiger partial charge in [0.1, 0.15) is 0 Å². The number of hydrogen-bond acceptors (Lipinski definition) is 3. The first-order valence-electron chi connectivity index (χ1n) is 8.80. The summed E-state index contributed by atoms with van der Waals surface area (Å²) in [4.78, 5) is 12.8. The number of thiol groups is 1. The van der Waals surface area contributed by atoms with Crippen LogP contribution in [0.5, 0.6) is 0 Å². The third-order valence-corrected chi connectivity index (χ3v) is 4.46. The molecule has 0 bridgehead atoms. The first-order valence-corrected chi connectivity index (χ1v) is 9.25. The Morgan fingerprint density at radius 1 is 1.12 bits per heavy atom. The van der Waals surface area contributed by atoms with Crippen molar-refractivity contribution in [1.29, 1.82) is 0 Å². The number of benzene rings is 2. The molecule has 0 fully saturated rings. The molecular weight excluding hydrogens is 340 g/mol. The lowest BCUT2D eigenvalue weighted by molar-refractivity contribution is 0.0526. The molecule has 2 aromatic rings. The summed E-state index contributed by atoms with van der Waals surface area (Å²) in [5.74, 6) is -0.270. The van der Waals surface area contributed by atoms with Crippen LogP contribution in [-0.2, 0) is 11.2 Å². The van der Waals surface area contributed by atoms with Crippen LogP contribution in [0.1, 0.15) is 47.8 Å². The van der Waals surface area contributed by atoms with Crippen LogP contribution >= 0.6 is 12.6 Å². The summed E-state index contributed by atoms with van der Waals surface area (Å²) in [5, 5.41) is 0. The zero-order chi connectivity index (χ0) is 19.1. The predicted molar refractivity (Wildman–Crippen MR) is 112 cm³/mol. The highest BCUT2D eigenvalue weighted by Crippen LogP contribution is 2.22. The molecule has 0 aliphatic rings. The van der Waals surface area contributed by atoms with E-state index in [2.05, 4.69) is 57.7 Å². The second-order valence-corrected chi connectivity index (χ2v) is 6.98. The van der Waals surface area contributed by atoms with Crippen LogP contribution in [0.2, 0.25) is 0 Å². The molecule has 0 atom stereocenters. The van der Waals surface area contributed by atoms with Gasteiger partial charge in [-0.2, -0.15) is 0 Å². The van der Waals surface area contributed by atoms with Gasteiger partial charge in [0.25, 0.3) is 0 Å². The van der Waals surface area contributed by atoms with Crippen LogP contribution in [0.3, 0.4) is 0 Å². The highest BCUT2D eigenvalue weighted by molar-refractivity contribution is 7.80. The average molecular weight is 367 g/mol. The summed E-state index contributed by atoms with van der Waals surface area (Å²) >= 11 is 4.43. The molecule has 26 heavy (non-hydrogen) atoms. The summed E-state index contributed by atoms with van der Waals surface area (Å²) in [6.45, 7) is 8.52. The van der Waals surface area contributed by atoms with Crippen molar-refractivity contribution in [3.8, 4) is 0 Å². The molecule has 3 heteroatoms. The third-order valence-electron chi connectivity index (χ3n) is 4.18. The van der Waals surface area contributed by atoms with Gasteiger partial charge in [0.2, 0.25) is 0 Å². The molecule has 136 valence electrons. The molecule has 0 heterocycles. The van der Waals surface area contributed by atoms with E-state index in [0.29, 0.717) is 12.2 Å². The third kappa shape index (κ3) is 5.63. The quantitative estimate of drug-likeness (QED) is 0.382. The Hall–Kier alpha value is -2.26. The Kier molecular flexibility index (Phi) is 7.28. The van der Waals surface area contributed by atoms with Crippen LogP contribution in [0, 0.1) is 6.92 Å². The van der Waals surface area contributed by atoms with Gasteiger partial charge in [-0.3, -0.25) is 0 Å². The smallest absolute Gasteiger partial charge is 0.338 e. The number of allylic oxidation sites excluding steroid dienone is 4. The lowest BCUT2D eigenvalue weighted by Crippen LogP contribution is -2.05. The predicted octanol–water partition coefficient (Wildman–Crippen LogP) is 6.05. The number of carbonyl (C=O) groups is 1. The van der Waals surface area contributed by atoms with E-state index < -0.39 is 0 Å². The maximum Gasteiger partial charge on any atom is 0.338 e. The zero-order valence-electron chi connectivity index (χ0n) is 15.9. The van der Waals surface area contributed by atoms with Gasteiger partial charge < -0.3 is 4.74 Å². The van der Waals surface area contributed by atoms with Crippen LogP contribution in [0.4, 0.5) is 0 Å². The minimum absolute atomic E-state index is 0.270. The number of esters is 1. The van der Waals surface area contributed by atoms with E-state index in [4.69, 9.17) is 4.74 Å². The van der Waals surface area contributed by atoms with Crippen LogP contribution in [-0.4, -0.2) is 12.6 Å². The highest BCUT2D eigenvalue weighted by atomic mass is 32.1. The van der Waals surface area contributed by atoms with Gasteiger partial charge >= 0.3 is 5.97 Å². The molecule has 2 nitrogen and oxygen atoms in total. The van der Waals surface area contributed by atoms with Crippen molar-refractivity contribution in [2.24, 2.45) is 0 Å².